The van der Waals surface area contributed by atoms with Crippen LogP contribution in [0.2, 0.25) is 0 Å². The standard InChI is InChI=1S/C14H15F3N4O2S/c1-21-13-6(11(20-21)14(15,16)17)4-7(24-13)12(22)19-9-8(18)5-2-3-23-10(5)9/h4-5,8-10H,2-3,18H2,1H3,(H,19,22)/t5-,8+,9-,10-/m1/s1. The van der Waals surface area contributed by atoms with Gasteiger partial charge in [-0.1, -0.05) is 0 Å². The van der Waals surface area contributed by atoms with E-state index < -0.39 is 17.8 Å². The number of fused-ring (bicyclic) bond motifs is 2. The van der Waals surface area contributed by atoms with Crippen molar-refractivity contribution in [2.75, 3.05) is 6.61 Å². The van der Waals surface area contributed by atoms with Gasteiger partial charge in [-0.3, -0.25) is 9.48 Å². The van der Waals surface area contributed by atoms with E-state index in [1.54, 1.807) is 0 Å². The summed E-state index contributed by atoms with van der Waals surface area (Å²) < 4.78 is 45.7. The van der Waals surface area contributed by atoms with Crippen LogP contribution >= 0.6 is 11.3 Å². The van der Waals surface area contributed by atoms with E-state index in [1.165, 1.54) is 13.1 Å². The van der Waals surface area contributed by atoms with Gasteiger partial charge in [0, 0.05) is 31.0 Å². The summed E-state index contributed by atoms with van der Waals surface area (Å²) in [5.74, 6) is -0.183. The number of aromatic nitrogens is 2. The minimum absolute atomic E-state index is 0.0620. The molecule has 6 nitrogen and oxygen atoms in total. The number of nitrogens with one attached hydrogen (secondary N) is 1. The molecule has 0 radical (unpaired) electrons. The normalized spacial score (nSPS) is 29.5. The molecule has 4 atom stereocenters. The topological polar surface area (TPSA) is 82.2 Å². The van der Waals surface area contributed by atoms with Crippen LogP contribution in [0.4, 0.5) is 13.2 Å². The van der Waals surface area contributed by atoms with E-state index >= 15 is 0 Å². The molecule has 1 amide bonds. The lowest BCUT2D eigenvalue weighted by Gasteiger charge is -2.45. The third-order valence-electron chi connectivity index (χ3n) is 4.75. The Hall–Kier alpha value is -1.65. The Morgan fingerprint density at radius 3 is 3.00 bits per heavy atom. The number of carbonyl (C=O) groups excluding carboxylic acids is 1. The Bertz CT molecular complexity index is 815. The molecular weight excluding hydrogens is 345 g/mol. The lowest BCUT2D eigenvalue weighted by atomic mass is 9.72. The van der Waals surface area contributed by atoms with Gasteiger partial charge in [-0.2, -0.15) is 18.3 Å². The third kappa shape index (κ3) is 2.24. The molecular formula is C14H15F3N4O2S. The van der Waals surface area contributed by atoms with Crippen molar-refractivity contribution in [1.82, 2.24) is 15.1 Å². The van der Waals surface area contributed by atoms with Gasteiger partial charge in [0.25, 0.3) is 5.91 Å². The van der Waals surface area contributed by atoms with Crippen LogP contribution in [0.1, 0.15) is 21.8 Å². The van der Waals surface area contributed by atoms with E-state index in [2.05, 4.69) is 10.4 Å². The fraction of sp³-hybridized carbons (Fsp3) is 0.571. The molecule has 1 aliphatic heterocycles. The quantitative estimate of drug-likeness (QED) is 0.850. The molecule has 1 saturated carbocycles. The number of alkyl halides is 3. The molecule has 3 N–H and O–H groups in total. The Kier molecular flexibility index (Phi) is 3.42. The Balaban J connectivity index is 1.59. The van der Waals surface area contributed by atoms with Gasteiger partial charge >= 0.3 is 6.18 Å². The van der Waals surface area contributed by atoms with Crippen molar-refractivity contribution in [1.29, 1.82) is 0 Å². The second kappa shape index (κ2) is 5.17. The third-order valence-corrected chi connectivity index (χ3v) is 5.95. The van der Waals surface area contributed by atoms with Gasteiger partial charge in [0.05, 0.1) is 17.0 Å². The number of amides is 1. The van der Waals surface area contributed by atoms with E-state index in [-0.39, 0.29) is 34.4 Å². The highest BCUT2D eigenvalue weighted by molar-refractivity contribution is 7.20. The van der Waals surface area contributed by atoms with E-state index in [4.69, 9.17) is 10.5 Å². The lowest BCUT2D eigenvalue weighted by molar-refractivity contribution is -0.140. The van der Waals surface area contributed by atoms with Gasteiger partial charge < -0.3 is 15.8 Å². The number of aryl methyl sites for hydroxylation is 1. The van der Waals surface area contributed by atoms with Gasteiger partial charge in [-0.25, -0.2) is 0 Å². The second-order valence-corrected chi connectivity index (χ2v) is 7.19. The summed E-state index contributed by atoms with van der Waals surface area (Å²) in [5, 5.41) is 6.23. The second-order valence-electron chi connectivity index (χ2n) is 6.16. The van der Waals surface area contributed by atoms with Crippen LogP contribution in [-0.4, -0.2) is 40.5 Å². The number of nitrogens with zero attached hydrogens (tertiary/aromatic N) is 2. The van der Waals surface area contributed by atoms with Crippen LogP contribution in [0.25, 0.3) is 10.2 Å². The fourth-order valence-corrected chi connectivity index (χ4v) is 4.49. The Labute approximate surface area is 138 Å². The van der Waals surface area contributed by atoms with Crippen molar-refractivity contribution in [2.45, 2.75) is 30.8 Å². The van der Waals surface area contributed by atoms with Crippen molar-refractivity contribution < 1.29 is 22.7 Å². The molecule has 10 heteroatoms. The van der Waals surface area contributed by atoms with Crippen molar-refractivity contribution in [3.8, 4) is 0 Å². The van der Waals surface area contributed by atoms with Crippen LogP contribution in [0.5, 0.6) is 0 Å². The Morgan fingerprint density at radius 1 is 1.54 bits per heavy atom. The van der Waals surface area contributed by atoms with Crippen LogP contribution in [0, 0.1) is 5.92 Å². The van der Waals surface area contributed by atoms with Gasteiger partial charge in [-0.05, 0) is 12.5 Å². The maximum Gasteiger partial charge on any atom is 0.435 e. The summed E-state index contributed by atoms with van der Waals surface area (Å²) in [7, 11) is 1.43. The maximum atomic E-state index is 13.0. The van der Waals surface area contributed by atoms with Gasteiger partial charge in [0.15, 0.2) is 5.69 Å². The number of rotatable bonds is 2. The van der Waals surface area contributed by atoms with Crippen LogP contribution in [-0.2, 0) is 18.0 Å². The largest absolute Gasteiger partial charge is 0.435 e. The molecule has 0 bridgehead atoms. The van der Waals surface area contributed by atoms with Crippen LogP contribution < -0.4 is 11.1 Å². The maximum absolute atomic E-state index is 13.0. The number of halogens is 3. The van der Waals surface area contributed by atoms with E-state index in [9.17, 15) is 18.0 Å². The highest BCUT2D eigenvalue weighted by Crippen LogP contribution is 2.39. The summed E-state index contributed by atoms with van der Waals surface area (Å²) >= 11 is 0.979. The van der Waals surface area contributed by atoms with Crippen molar-refractivity contribution in [2.24, 2.45) is 18.7 Å². The molecule has 2 aromatic heterocycles. The SMILES string of the molecule is Cn1nc(C(F)(F)F)c2cc(C(=O)N[C@@H]3[C@@H](N)[C@H]4CCO[C@H]43)sc21. The molecule has 1 aliphatic carbocycles. The fourth-order valence-electron chi connectivity index (χ4n) is 3.51. The van der Waals surface area contributed by atoms with Crippen LogP contribution in [0.3, 0.4) is 0 Å². The van der Waals surface area contributed by atoms with E-state index in [0.717, 1.165) is 22.4 Å². The predicted molar refractivity (Wildman–Crippen MR) is 80.7 cm³/mol. The summed E-state index contributed by atoms with van der Waals surface area (Å²) in [5.41, 5.74) is 5.06. The number of carbonyl (C=O) groups is 1. The number of nitrogens with two attached hydrogens (primary N) is 1. The minimum atomic E-state index is -4.56. The summed E-state index contributed by atoms with van der Waals surface area (Å²) in [6.07, 6.45) is -3.78. The number of thiophene rings is 1. The molecule has 1 saturated heterocycles. The monoisotopic (exact) mass is 360 g/mol. The Morgan fingerprint density at radius 2 is 2.29 bits per heavy atom. The van der Waals surface area contributed by atoms with Gasteiger partial charge in [0.2, 0.25) is 0 Å². The first-order chi connectivity index (χ1) is 11.3. The van der Waals surface area contributed by atoms with Crippen molar-refractivity contribution in [3.63, 3.8) is 0 Å². The number of hydrogen-bond acceptors (Lipinski definition) is 5. The molecule has 2 aliphatic rings. The lowest BCUT2D eigenvalue weighted by Crippen LogP contribution is -2.68. The number of hydrogen-bond donors (Lipinski definition) is 2. The van der Waals surface area contributed by atoms with Gasteiger partial charge in [0.1, 0.15) is 4.83 Å². The highest BCUT2D eigenvalue weighted by atomic mass is 32.1. The van der Waals surface area contributed by atoms with Gasteiger partial charge in [-0.15, -0.1) is 11.3 Å². The number of ether oxygens (including phenoxy) is 1. The first-order valence-corrected chi connectivity index (χ1v) is 8.31. The zero-order valence-corrected chi connectivity index (χ0v) is 13.4. The first kappa shape index (κ1) is 15.9. The van der Waals surface area contributed by atoms with Crippen molar-refractivity contribution >= 4 is 27.5 Å². The zero-order chi connectivity index (χ0) is 17.2. The van der Waals surface area contributed by atoms with E-state index in [0.29, 0.717) is 11.4 Å². The summed E-state index contributed by atoms with van der Waals surface area (Å²) in [6.45, 7) is 0.624. The molecule has 130 valence electrons. The average Bonchev–Trinajstić information content (AvgIpc) is 3.18. The molecule has 0 unspecified atom stereocenters. The molecule has 2 aromatic rings. The van der Waals surface area contributed by atoms with Crippen molar-refractivity contribution in [3.05, 3.63) is 16.6 Å². The average molecular weight is 360 g/mol. The molecule has 3 heterocycles. The van der Waals surface area contributed by atoms with E-state index in [1.807, 2.05) is 0 Å². The molecule has 24 heavy (non-hydrogen) atoms. The predicted octanol–water partition coefficient (Wildman–Crippen LogP) is 1.50. The van der Waals surface area contributed by atoms with Crippen LogP contribution in [0.15, 0.2) is 6.07 Å². The summed E-state index contributed by atoms with van der Waals surface area (Å²) in [6, 6.07) is 0.765. The molecule has 0 spiro atoms. The zero-order valence-electron chi connectivity index (χ0n) is 12.6. The molecule has 0 aromatic carbocycles. The minimum Gasteiger partial charge on any atom is -0.376 e. The molecule has 2 fully saturated rings. The molecule has 4 rings (SSSR count). The summed E-state index contributed by atoms with van der Waals surface area (Å²) in [4.78, 5) is 12.9. The smallest absolute Gasteiger partial charge is 0.376 e. The highest BCUT2D eigenvalue weighted by Gasteiger charge is 2.52. The first-order valence-electron chi connectivity index (χ1n) is 7.49.